The Kier molecular flexibility index (Phi) is 3.59. The molecule has 0 aromatic carbocycles. The van der Waals surface area contributed by atoms with Crippen LogP contribution in [-0.2, 0) is 29.5 Å². The Morgan fingerprint density at radius 2 is 2.20 bits per heavy atom. The van der Waals surface area contributed by atoms with Crippen LogP contribution in [0.4, 0.5) is 0 Å². The molecule has 0 saturated heterocycles. The van der Waals surface area contributed by atoms with Crippen molar-refractivity contribution in [2.24, 2.45) is 0 Å². The van der Waals surface area contributed by atoms with E-state index in [0.717, 1.165) is 4.88 Å². The van der Waals surface area contributed by atoms with Crippen molar-refractivity contribution in [2.75, 3.05) is 13.2 Å². The summed E-state index contributed by atoms with van der Waals surface area (Å²) in [4.78, 5) is 0.867. The molecule has 9 heteroatoms. The number of fused-ring (bicyclic) bond motifs is 1. The maximum absolute atomic E-state index is 12.6. The van der Waals surface area contributed by atoms with Gasteiger partial charge in [-0.3, -0.25) is 0 Å². The molecule has 2 aromatic heterocycles. The molecule has 0 bridgehead atoms. The Balaban J connectivity index is 1.85. The monoisotopic (exact) mass is 314 g/mol. The Morgan fingerprint density at radius 3 is 3.00 bits per heavy atom. The summed E-state index contributed by atoms with van der Waals surface area (Å²) in [7, 11) is -3.49. The van der Waals surface area contributed by atoms with E-state index in [-0.39, 0.29) is 13.2 Å². The van der Waals surface area contributed by atoms with Gasteiger partial charge in [0, 0.05) is 31.0 Å². The highest BCUT2D eigenvalue weighted by molar-refractivity contribution is 7.91. The number of aromatic nitrogens is 3. The van der Waals surface area contributed by atoms with E-state index in [0.29, 0.717) is 29.5 Å². The fraction of sp³-hybridized carbons (Fsp3) is 0.455. The number of thiophene rings is 1. The molecule has 0 radical (unpaired) electrons. The molecule has 7 nitrogen and oxygen atoms in total. The van der Waals surface area contributed by atoms with E-state index in [1.54, 1.807) is 18.5 Å². The first kappa shape index (κ1) is 13.7. The number of hydrogen-bond donors (Lipinski definition) is 1. The van der Waals surface area contributed by atoms with Gasteiger partial charge in [-0.05, 0) is 12.1 Å². The second-order valence-corrected chi connectivity index (χ2v) is 7.81. The zero-order chi connectivity index (χ0) is 14.2. The van der Waals surface area contributed by atoms with Crippen LogP contribution in [0.15, 0.2) is 22.7 Å². The molecule has 0 unspecified atom stereocenters. The molecule has 0 amide bonds. The predicted molar refractivity (Wildman–Crippen MR) is 72.7 cm³/mol. The number of hydrogen-bond acceptors (Lipinski definition) is 6. The third kappa shape index (κ3) is 2.37. The molecule has 108 valence electrons. The minimum absolute atomic E-state index is 0.0207. The van der Waals surface area contributed by atoms with Crippen molar-refractivity contribution in [2.45, 2.75) is 23.7 Å². The van der Waals surface area contributed by atoms with E-state index in [4.69, 9.17) is 5.11 Å². The molecular formula is C11H14N4O3S2. The number of nitrogens with zero attached hydrogens (tertiary/aromatic N) is 4. The molecule has 1 aliphatic rings. The van der Waals surface area contributed by atoms with E-state index < -0.39 is 10.0 Å². The molecule has 0 fully saturated rings. The standard InChI is InChI=1S/C11H14N4O3S2/c16-6-3-9-1-2-11(19-9)20(17,18)15-5-4-14-8-12-13-10(14)7-15/h1-2,8,16H,3-7H2. The Morgan fingerprint density at radius 1 is 1.35 bits per heavy atom. The summed E-state index contributed by atoms with van der Waals surface area (Å²) in [5.74, 6) is 0.659. The second kappa shape index (κ2) is 5.24. The van der Waals surface area contributed by atoms with E-state index in [9.17, 15) is 8.42 Å². The lowest BCUT2D eigenvalue weighted by molar-refractivity contribution is 0.300. The molecular weight excluding hydrogens is 300 g/mol. The molecule has 0 aliphatic carbocycles. The molecule has 20 heavy (non-hydrogen) atoms. The summed E-state index contributed by atoms with van der Waals surface area (Å²) < 4.78 is 28.7. The summed E-state index contributed by atoms with van der Waals surface area (Å²) in [5, 5.41) is 16.6. The summed E-state index contributed by atoms with van der Waals surface area (Å²) in [6, 6.07) is 3.35. The van der Waals surface area contributed by atoms with Gasteiger partial charge in [0.15, 0.2) is 0 Å². The van der Waals surface area contributed by atoms with Gasteiger partial charge in [0.25, 0.3) is 10.0 Å². The van der Waals surface area contributed by atoms with Crippen LogP contribution < -0.4 is 0 Å². The summed E-state index contributed by atoms with van der Waals surface area (Å²) in [6.07, 6.45) is 2.10. The minimum atomic E-state index is -3.49. The zero-order valence-electron chi connectivity index (χ0n) is 10.6. The van der Waals surface area contributed by atoms with Gasteiger partial charge in [0.2, 0.25) is 0 Å². The van der Waals surface area contributed by atoms with Crippen molar-refractivity contribution < 1.29 is 13.5 Å². The highest BCUT2D eigenvalue weighted by Gasteiger charge is 2.30. The smallest absolute Gasteiger partial charge is 0.253 e. The van der Waals surface area contributed by atoms with Gasteiger partial charge >= 0.3 is 0 Å². The van der Waals surface area contributed by atoms with Crippen molar-refractivity contribution in [1.82, 2.24) is 19.1 Å². The maximum atomic E-state index is 12.6. The number of aliphatic hydroxyl groups excluding tert-OH is 1. The van der Waals surface area contributed by atoms with Gasteiger partial charge in [0.05, 0.1) is 6.54 Å². The van der Waals surface area contributed by atoms with Crippen molar-refractivity contribution in [3.05, 3.63) is 29.2 Å². The van der Waals surface area contributed by atoms with Gasteiger partial charge in [0.1, 0.15) is 16.4 Å². The van der Waals surface area contributed by atoms with Crippen LogP contribution in [0.25, 0.3) is 0 Å². The first-order chi connectivity index (χ1) is 9.61. The second-order valence-electron chi connectivity index (χ2n) is 4.47. The number of sulfonamides is 1. The van der Waals surface area contributed by atoms with Crippen LogP contribution in [0.5, 0.6) is 0 Å². The third-order valence-corrected chi connectivity index (χ3v) is 6.65. The molecule has 0 saturated carbocycles. The first-order valence-electron chi connectivity index (χ1n) is 6.17. The molecule has 3 heterocycles. The van der Waals surface area contributed by atoms with E-state index in [2.05, 4.69) is 10.2 Å². The first-order valence-corrected chi connectivity index (χ1v) is 8.43. The molecule has 0 atom stereocenters. The predicted octanol–water partition coefficient (Wildman–Crippen LogP) is 0.0789. The van der Waals surface area contributed by atoms with E-state index in [1.807, 2.05) is 4.57 Å². The Labute approximate surface area is 120 Å². The fourth-order valence-corrected chi connectivity index (χ4v) is 5.00. The topological polar surface area (TPSA) is 88.3 Å². The quantitative estimate of drug-likeness (QED) is 0.863. The lowest BCUT2D eigenvalue weighted by Gasteiger charge is -2.25. The molecule has 2 aromatic rings. The van der Waals surface area contributed by atoms with Crippen molar-refractivity contribution >= 4 is 21.4 Å². The molecule has 3 rings (SSSR count). The van der Waals surface area contributed by atoms with Crippen molar-refractivity contribution in [3.8, 4) is 0 Å². The number of rotatable bonds is 4. The highest BCUT2D eigenvalue weighted by atomic mass is 32.2. The normalized spacial score (nSPS) is 16.2. The average molecular weight is 314 g/mol. The summed E-state index contributed by atoms with van der Waals surface area (Å²) in [5.41, 5.74) is 0. The molecule has 1 N–H and O–H groups in total. The lowest BCUT2D eigenvalue weighted by atomic mass is 10.4. The third-order valence-electron chi connectivity index (χ3n) is 3.19. The zero-order valence-corrected chi connectivity index (χ0v) is 12.3. The van der Waals surface area contributed by atoms with E-state index >= 15 is 0 Å². The Bertz CT molecular complexity index is 707. The van der Waals surface area contributed by atoms with Crippen LogP contribution in [-0.4, -0.2) is 45.7 Å². The van der Waals surface area contributed by atoms with Gasteiger partial charge in [-0.25, -0.2) is 8.42 Å². The minimum Gasteiger partial charge on any atom is -0.396 e. The van der Waals surface area contributed by atoms with Crippen molar-refractivity contribution in [3.63, 3.8) is 0 Å². The van der Waals surface area contributed by atoms with Gasteiger partial charge in [-0.1, -0.05) is 0 Å². The average Bonchev–Trinajstić information content (AvgIpc) is 3.06. The van der Waals surface area contributed by atoms with Gasteiger partial charge < -0.3 is 9.67 Å². The van der Waals surface area contributed by atoms with Crippen molar-refractivity contribution in [1.29, 1.82) is 0 Å². The Hall–Kier alpha value is -1.29. The van der Waals surface area contributed by atoms with Crippen LogP contribution in [0.3, 0.4) is 0 Å². The molecule has 1 aliphatic heterocycles. The largest absolute Gasteiger partial charge is 0.396 e. The van der Waals surface area contributed by atoms with Crippen LogP contribution >= 0.6 is 11.3 Å². The SMILES string of the molecule is O=S(=O)(c1ccc(CCO)s1)N1CCn2cnnc2C1. The van der Waals surface area contributed by atoms with Gasteiger partial charge in [-0.15, -0.1) is 21.5 Å². The maximum Gasteiger partial charge on any atom is 0.253 e. The summed E-state index contributed by atoms with van der Waals surface area (Å²) in [6.45, 7) is 1.25. The van der Waals surface area contributed by atoms with E-state index in [1.165, 1.54) is 15.6 Å². The summed E-state index contributed by atoms with van der Waals surface area (Å²) >= 11 is 1.21. The van der Waals surface area contributed by atoms with Crippen LogP contribution in [0.1, 0.15) is 10.7 Å². The van der Waals surface area contributed by atoms with Gasteiger partial charge in [-0.2, -0.15) is 4.31 Å². The number of aliphatic hydroxyl groups is 1. The highest BCUT2D eigenvalue weighted by Crippen LogP contribution is 2.27. The fourth-order valence-electron chi connectivity index (χ4n) is 2.12. The molecule has 0 spiro atoms. The van der Waals surface area contributed by atoms with Crippen LogP contribution in [0, 0.1) is 0 Å². The lowest BCUT2D eigenvalue weighted by Crippen LogP contribution is -2.37. The van der Waals surface area contributed by atoms with Crippen LogP contribution in [0.2, 0.25) is 0 Å².